The van der Waals surface area contributed by atoms with E-state index in [1.54, 1.807) is 18.0 Å². The van der Waals surface area contributed by atoms with Crippen LogP contribution in [0.4, 0.5) is 0 Å². The Balaban J connectivity index is 2.66. The van der Waals surface area contributed by atoms with E-state index >= 15 is 0 Å². The lowest BCUT2D eigenvalue weighted by molar-refractivity contribution is -0.134. The number of rotatable bonds is 5. The quantitative estimate of drug-likeness (QED) is 0.852. The Morgan fingerprint density at radius 1 is 1.56 bits per heavy atom. The van der Waals surface area contributed by atoms with Crippen molar-refractivity contribution in [3.05, 3.63) is 35.4 Å². The van der Waals surface area contributed by atoms with Crippen molar-refractivity contribution in [2.75, 3.05) is 20.6 Å². The van der Waals surface area contributed by atoms with Gasteiger partial charge in [0.05, 0.1) is 11.6 Å². The maximum absolute atomic E-state index is 12.0. The maximum Gasteiger partial charge on any atom is 0.226 e. The zero-order valence-corrected chi connectivity index (χ0v) is 11.1. The molecule has 1 amide bonds. The van der Waals surface area contributed by atoms with Crippen molar-refractivity contribution in [3.63, 3.8) is 0 Å². The Bertz CT molecular complexity index is 451. The minimum atomic E-state index is -0.0425. The molecule has 4 heteroatoms. The smallest absolute Gasteiger partial charge is 0.226 e. The topological polar surface area (TPSA) is 56.1 Å². The molecule has 1 N–H and O–H groups in total. The van der Waals surface area contributed by atoms with Gasteiger partial charge in [-0.1, -0.05) is 19.1 Å². The summed E-state index contributed by atoms with van der Waals surface area (Å²) in [5, 5.41) is 11.8. The monoisotopic (exact) mass is 245 g/mol. The maximum atomic E-state index is 12.0. The van der Waals surface area contributed by atoms with Crippen molar-refractivity contribution >= 4 is 5.91 Å². The van der Waals surface area contributed by atoms with Gasteiger partial charge in [0.1, 0.15) is 0 Å². The van der Waals surface area contributed by atoms with Crippen LogP contribution in [-0.4, -0.2) is 31.4 Å². The van der Waals surface area contributed by atoms with Crippen LogP contribution in [0.15, 0.2) is 24.3 Å². The molecule has 0 heterocycles. The summed E-state index contributed by atoms with van der Waals surface area (Å²) in [6.45, 7) is 3.10. The molecule has 18 heavy (non-hydrogen) atoms. The van der Waals surface area contributed by atoms with Crippen molar-refractivity contribution in [1.82, 2.24) is 10.2 Å². The van der Waals surface area contributed by atoms with Gasteiger partial charge < -0.3 is 10.2 Å². The third kappa shape index (κ3) is 3.86. The Hall–Kier alpha value is -1.86. The summed E-state index contributed by atoms with van der Waals surface area (Å²) in [6.07, 6.45) is 0. The summed E-state index contributed by atoms with van der Waals surface area (Å²) in [5.74, 6) is 0.0610. The first-order chi connectivity index (χ1) is 8.58. The fraction of sp³-hybridized carbons (Fsp3) is 0.429. The van der Waals surface area contributed by atoms with E-state index < -0.39 is 0 Å². The van der Waals surface area contributed by atoms with Gasteiger partial charge in [-0.15, -0.1) is 0 Å². The molecule has 0 bridgehead atoms. The van der Waals surface area contributed by atoms with Crippen LogP contribution in [0.1, 0.15) is 18.1 Å². The molecule has 0 spiro atoms. The van der Waals surface area contributed by atoms with Gasteiger partial charge in [0.25, 0.3) is 0 Å². The van der Waals surface area contributed by atoms with Gasteiger partial charge in [-0.25, -0.2) is 0 Å². The van der Waals surface area contributed by atoms with Gasteiger partial charge in [0.15, 0.2) is 0 Å². The van der Waals surface area contributed by atoms with E-state index in [4.69, 9.17) is 5.26 Å². The van der Waals surface area contributed by atoms with Crippen LogP contribution in [0, 0.1) is 17.2 Å². The van der Waals surface area contributed by atoms with Crippen LogP contribution in [0.25, 0.3) is 0 Å². The van der Waals surface area contributed by atoms with Gasteiger partial charge in [-0.3, -0.25) is 4.79 Å². The van der Waals surface area contributed by atoms with E-state index in [9.17, 15) is 4.79 Å². The Labute approximate surface area is 108 Å². The van der Waals surface area contributed by atoms with Crippen LogP contribution >= 0.6 is 0 Å². The SMILES string of the molecule is CNCC(C)C(=O)N(C)Cc1cccc(C#N)c1. The van der Waals surface area contributed by atoms with E-state index in [0.29, 0.717) is 18.7 Å². The Morgan fingerprint density at radius 2 is 2.28 bits per heavy atom. The van der Waals surface area contributed by atoms with Gasteiger partial charge in [0.2, 0.25) is 5.91 Å². The van der Waals surface area contributed by atoms with Crippen molar-refractivity contribution in [1.29, 1.82) is 5.26 Å². The number of hydrogen-bond donors (Lipinski definition) is 1. The average Bonchev–Trinajstić information content (AvgIpc) is 2.38. The average molecular weight is 245 g/mol. The molecule has 96 valence electrons. The molecule has 0 saturated heterocycles. The first-order valence-electron chi connectivity index (χ1n) is 5.97. The van der Waals surface area contributed by atoms with E-state index in [1.165, 1.54) is 0 Å². The van der Waals surface area contributed by atoms with Gasteiger partial charge in [0, 0.05) is 26.1 Å². The molecular weight excluding hydrogens is 226 g/mol. The summed E-state index contributed by atoms with van der Waals surface area (Å²) in [7, 11) is 3.62. The van der Waals surface area contributed by atoms with Gasteiger partial charge in [-0.2, -0.15) is 5.26 Å². The number of nitrogens with zero attached hydrogens (tertiary/aromatic N) is 2. The van der Waals surface area contributed by atoms with Crippen LogP contribution in [0.5, 0.6) is 0 Å². The predicted molar refractivity (Wildman–Crippen MR) is 70.7 cm³/mol. The van der Waals surface area contributed by atoms with Crippen LogP contribution in [0.3, 0.4) is 0 Å². The molecule has 1 aromatic rings. The zero-order valence-electron chi connectivity index (χ0n) is 11.1. The molecule has 0 saturated carbocycles. The predicted octanol–water partition coefficient (Wildman–Crippen LogP) is 1.37. The molecule has 0 radical (unpaired) electrons. The lowest BCUT2D eigenvalue weighted by atomic mass is 10.1. The molecule has 0 aromatic heterocycles. The number of amides is 1. The number of carbonyl (C=O) groups excluding carboxylic acids is 1. The second-order valence-corrected chi connectivity index (χ2v) is 4.47. The van der Waals surface area contributed by atoms with Crippen molar-refractivity contribution in [3.8, 4) is 6.07 Å². The second-order valence-electron chi connectivity index (χ2n) is 4.47. The standard InChI is InChI=1S/C14H19N3O/c1-11(9-16-2)14(18)17(3)10-13-6-4-5-12(7-13)8-15/h4-7,11,16H,9-10H2,1-3H3. The second kappa shape index (κ2) is 6.77. The number of nitriles is 1. The van der Waals surface area contributed by atoms with Crippen LogP contribution < -0.4 is 5.32 Å². The van der Waals surface area contributed by atoms with E-state index in [0.717, 1.165) is 5.56 Å². The summed E-state index contributed by atoms with van der Waals surface area (Å²) in [6, 6.07) is 9.43. The van der Waals surface area contributed by atoms with Gasteiger partial charge in [-0.05, 0) is 24.7 Å². The highest BCUT2D eigenvalue weighted by Crippen LogP contribution is 2.09. The minimum absolute atomic E-state index is 0.0425. The number of benzene rings is 1. The van der Waals surface area contributed by atoms with E-state index in [-0.39, 0.29) is 11.8 Å². The molecule has 1 aromatic carbocycles. The molecule has 0 aliphatic carbocycles. The highest BCUT2D eigenvalue weighted by atomic mass is 16.2. The lowest BCUT2D eigenvalue weighted by Gasteiger charge is -2.21. The third-order valence-electron chi connectivity index (χ3n) is 2.78. The summed E-state index contributed by atoms with van der Waals surface area (Å²) in [5.41, 5.74) is 1.60. The molecule has 0 aliphatic heterocycles. The molecule has 0 fully saturated rings. The van der Waals surface area contributed by atoms with Gasteiger partial charge >= 0.3 is 0 Å². The summed E-state index contributed by atoms with van der Waals surface area (Å²) >= 11 is 0. The van der Waals surface area contributed by atoms with E-state index in [1.807, 2.05) is 32.2 Å². The van der Waals surface area contributed by atoms with Crippen LogP contribution in [-0.2, 0) is 11.3 Å². The number of nitrogens with one attached hydrogen (secondary N) is 1. The van der Waals surface area contributed by atoms with Crippen LogP contribution in [0.2, 0.25) is 0 Å². The molecule has 1 rings (SSSR count). The number of carbonyl (C=O) groups is 1. The zero-order chi connectivity index (χ0) is 13.5. The molecule has 1 atom stereocenters. The summed E-state index contributed by atoms with van der Waals surface area (Å²) < 4.78 is 0. The molecule has 4 nitrogen and oxygen atoms in total. The molecule has 0 aliphatic rings. The van der Waals surface area contributed by atoms with Crippen molar-refractivity contribution < 1.29 is 4.79 Å². The van der Waals surface area contributed by atoms with E-state index in [2.05, 4.69) is 11.4 Å². The fourth-order valence-corrected chi connectivity index (χ4v) is 1.86. The fourth-order valence-electron chi connectivity index (χ4n) is 1.86. The first-order valence-corrected chi connectivity index (χ1v) is 5.97. The summed E-state index contributed by atoms with van der Waals surface area (Å²) in [4.78, 5) is 13.7. The highest BCUT2D eigenvalue weighted by Gasteiger charge is 2.16. The largest absolute Gasteiger partial charge is 0.341 e. The first kappa shape index (κ1) is 14.2. The molecular formula is C14H19N3O. The molecule has 1 unspecified atom stereocenters. The normalized spacial score (nSPS) is 11.7. The van der Waals surface area contributed by atoms with Crippen molar-refractivity contribution in [2.24, 2.45) is 5.92 Å². The highest BCUT2D eigenvalue weighted by molar-refractivity contribution is 5.78. The Morgan fingerprint density at radius 3 is 2.89 bits per heavy atom. The lowest BCUT2D eigenvalue weighted by Crippen LogP contribution is -2.35. The third-order valence-corrected chi connectivity index (χ3v) is 2.78. The number of hydrogen-bond acceptors (Lipinski definition) is 3. The van der Waals surface area contributed by atoms with Crippen molar-refractivity contribution in [2.45, 2.75) is 13.5 Å². The minimum Gasteiger partial charge on any atom is -0.341 e. The Kier molecular flexibility index (Phi) is 5.34.